The molecule has 1 aliphatic carbocycles. The average Bonchev–Trinajstić information content (AvgIpc) is 2.50. The van der Waals surface area contributed by atoms with Gasteiger partial charge >= 0.3 is 0 Å². The molecule has 0 N–H and O–H groups in total. The fraction of sp³-hybridized carbons (Fsp3) is 0.333. The van der Waals surface area contributed by atoms with Crippen LogP contribution >= 0.6 is 12.1 Å². The molecule has 0 spiro atoms. The molecule has 1 atom stereocenters. The predicted molar refractivity (Wildman–Crippen MR) is 54.0 cm³/mol. The zero-order chi connectivity index (χ0) is 9.42. The van der Waals surface area contributed by atoms with Gasteiger partial charge in [0.05, 0.1) is 29.5 Å². The number of hydrogen-bond donors (Lipinski definition) is 0. The normalized spacial score (nSPS) is 27.2. The van der Waals surface area contributed by atoms with Crippen LogP contribution in [0.1, 0.15) is 6.92 Å². The molecule has 0 radical (unpaired) electrons. The molecule has 0 aromatic rings. The Bertz CT molecular complexity index is 373. The summed E-state index contributed by atoms with van der Waals surface area (Å²) in [4.78, 5) is 0. The first-order valence-electron chi connectivity index (χ1n) is 4.01. The summed E-state index contributed by atoms with van der Waals surface area (Å²) >= 11 is 1.41. The van der Waals surface area contributed by atoms with Gasteiger partial charge in [-0.3, -0.25) is 0 Å². The molecule has 0 saturated heterocycles. The Morgan fingerprint density at radius 3 is 3.08 bits per heavy atom. The second kappa shape index (κ2) is 3.02. The topological polar surface area (TPSA) is 39.4 Å². The first-order valence-corrected chi connectivity index (χ1v) is 4.74. The molecular weight excluding hydrogens is 182 g/mol. The zero-order valence-corrected chi connectivity index (χ0v) is 8.30. The maximum Gasteiger partial charge on any atom is 0.101 e. The van der Waals surface area contributed by atoms with Crippen LogP contribution in [0.5, 0.6) is 0 Å². The van der Waals surface area contributed by atoms with Crippen molar-refractivity contribution in [3.63, 3.8) is 0 Å². The molecule has 0 amide bonds. The molecule has 66 valence electrons. The van der Waals surface area contributed by atoms with E-state index in [1.54, 1.807) is 0 Å². The van der Waals surface area contributed by atoms with Gasteiger partial charge in [0, 0.05) is 7.05 Å². The first kappa shape index (κ1) is 8.54. The third kappa shape index (κ3) is 1.21. The molecule has 2 rings (SSSR count). The number of allylic oxidation sites excluding steroid dienone is 2. The highest BCUT2D eigenvalue weighted by Gasteiger charge is 2.32. The van der Waals surface area contributed by atoms with Gasteiger partial charge in [-0.2, -0.15) is 5.26 Å². The van der Waals surface area contributed by atoms with Gasteiger partial charge in [-0.1, -0.05) is 6.08 Å². The van der Waals surface area contributed by atoms with Crippen LogP contribution < -0.4 is 0 Å². The van der Waals surface area contributed by atoms with Crippen molar-refractivity contribution in [3.05, 3.63) is 23.3 Å². The van der Waals surface area contributed by atoms with Gasteiger partial charge in [0.1, 0.15) is 6.07 Å². The number of nitriles is 1. The Morgan fingerprint density at radius 2 is 2.38 bits per heavy atom. The molecule has 13 heavy (non-hydrogen) atoms. The largest absolute Gasteiger partial charge is 0.221 e. The van der Waals surface area contributed by atoms with Crippen LogP contribution in [0.25, 0.3) is 0 Å². The lowest BCUT2D eigenvalue weighted by molar-refractivity contribution is 0.561. The minimum atomic E-state index is 0.199. The van der Waals surface area contributed by atoms with Gasteiger partial charge in [0.2, 0.25) is 0 Å². The van der Waals surface area contributed by atoms with Gasteiger partial charge in [-0.15, -0.1) is 0 Å². The van der Waals surface area contributed by atoms with Crippen LogP contribution in [0.3, 0.4) is 0 Å². The Morgan fingerprint density at radius 1 is 1.62 bits per heavy atom. The number of nitrogens with zero attached hydrogens (tertiary/aromatic N) is 3. The van der Waals surface area contributed by atoms with Crippen LogP contribution in [-0.4, -0.2) is 23.1 Å². The van der Waals surface area contributed by atoms with Crippen LogP contribution in [0.4, 0.5) is 0 Å². The van der Waals surface area contributed by atoms with Crippen molar-refractivity contribution in [1.82, 2.24) is 4.31 Å². The first-order chi connectivity index (χ1) is 6.24. The summed E-state index contributed by atoms with van der Waals surface area (Å²) in [5.74, 6) is 0. The Labute approximate surface area is 81.7 Å². The van der Waals surface area contributed by atoms with Crippen molar-refractivity contribution in [3.8, 4) is 6.07 Å². The molecule has 1 unspecified atom stereocenters. The van der Waals surface area contributed by atoms with E-state index in [1.165, 1.54) is 17.7 Å². The van der Waals surface area contributed by atoms with Gasteiger partial charge in [0.15, 0.2) is 0 Å². The second-order valence-electron chi connectivity index (χ2n) is 3.11. The smallest absolute Gasteiger partial charge is 0.101 e. The molecule has 3 nitrogen and oxygen atoms in total. The van der Waals surface area contributed by atoms with E-state index in [9.17, 15) is 0 Å². The molecule has 4 heteroatoms. The third-order valence-electron chi connectivity index (χ3n) is 2.23. The van der Waals surface area contributed by atoms with Gasteiger partial charge < -0.3 is 0 Å². The quantitative estimate of drug-likeness (QED) is 0.547. The van der Waals surface area contributed by atoms with Gasteiger partial charge in [0.25, 0.3) is 0 Å². The van der Waals surface area contributed by atoms with Crippen LogP contribution in [-0.2, 0) is 0 Å². The third-order valence-corrected chi connectivity index (χ3v) is 2.98. The van der Waals surface area contributed by atoms with Crippen molar-refractivity contribution < 1.29 is 0 Å². The molecule has 0 bridgehead atoms. The molecule has 0 aromatic heterocycles. The van der Waals surface area contributed by atoms with E-state index < -0.39 is 0 Å². The minimum Gasteiger partial charge on any atom is -0.221 e. The average molecular weight is 191 g/mol. The van der Waals surface area contributed by atoms with E-state index in [4.69, 9.17) is 5.26 Å². The van der Waals surface area contributed by atoms with E-state index in [2.05, 4.69) is 21.7 Å². The fourth-order valence-electron chi connectivity index (χ4n) is 1.56. The summed E-state index contributed by atoms with van der Waals surface area (Å²) in [6.07, 6.45) is 3.83. The SMILES string of the molecule is CC1=CC=C(C#N)C2=NSN(C)C12. The standard InChI is InChI=1S/C9H9N3S/c1-6-3-4-7(5-10)8-9(6)12(2)13-11-8/h3-4,9H,1-2H3. The summed E-state index contributed by atoms with van der Waals surface area (Å²) in [5.41, 5.74) is 2.83. The highest BCUT2D eigenvalue weighted by molar-refractivity contribution is 7.96. The molecule has 1 heterocycles. The second-order valence-corrected chi connectivity index (χ2v) is 4.03. The lowest BCUT2D eigenvalue weighted by Gasteiger charge is -2.22. The molecule has 0 fully saturated rings. The van der Waals surface area contributed by atoms with Gasteiger partial charge in [-0.25, -0.2) is 8.70 Å². The van der Waals surface area contributed by atoms with Crippen molar-refractivity contribution in [2.45, 2.75) is 13.0 Å². The van der Waals surface area contributed by atoms with Crippen LogP contribution in [0, 0.1) is 11.3 Å². The van der Waals surface area contributed by atoms with E-state index >= 15 is 0 Å². The van der Waals surface area contributed by atoms with E-state index in [0.717, 1.165) is 5.71 Å². The summed E-state index contributed by atoms with van der Waals surface area (Å²) in [6, 6.07) is 2.36. The monoisotopic (exact) mass is 191 g/mol. The van der Waals surface area contributed by atoms with Crippen LogP contribution in [0.15, 0.2) is 27.7 Å². The van der Waals surface area contributed by atoms with Gasteiger partial charge in [-0.05, 0) is 18.6 Å². The van der Waals surface area contributed by atoms with E-state index in [-0.39, 0.29) is 6.04 Å². The highest BCUT2D eigenvalue weighted by Crippen LogP contribution is 2.32. The summed E-state index contributed by atoms with van der Waals surface area (Å²) < 4.78 is 6.33. The highest BCUT2D eigenvalue weighted by atomic mass is 32.2. The summed E-state index contributed by atoms with van der Waals surface area (Å²) in [7, 11) is 1.99. The predicted octanol–water partition coefficient (Wildman–Crippen LogP) is 1.71. The molecule has 0 saturated carbocycles. The molecule has 2 aliphatic rings. The Balaban J connectivity index is 2.45. The minimum absolute atomic E-state index is 0.199. The fourth-order valence-corrected chi connectivity index (χ4v) is 2.34. The number of fused-ring (bicyclic) bond motifs is 1. The lowest BCUT2D eigenvalue weighted by atomic mass is 9.93. The van der Waals surface area contributed by atoms with Crippen LogP contribution in [0.2, 0.25) is 0 Å². The Kier molecular flexibility index (Phi) is 1.98. The lowest BCUT2D eigenvalue weighted by Crippen LogP contribution is -2.32. The summed E-state index contributed by atoms with van der Waals surface area (Å²) in [6.45, 7) is 2.06. The Hall–Kier alpha value is -1.05. The number of rotatable bonds is 0. The summed E-state index contributed by atoms with van der Waals surface area (Å²) in [5, 5.41) is 8.85. The maximum atomic E-state index is 8.85. The zero-order valence-electron chi connectivity index (χ0n) is 7.48. The van der Waals surface area contributed by atoms with Crippen molar-refractivity contribution in [1.29, 1.82) is 5.26 Å². The number of likely N-dealkylation sites (N-methyl/N-ethyl adjacent to an activating group) is 1. The van der Waals surface area contributed by atoms with E-state index in [0.29, 0.717) is 5.57 Å². The number of hydrogen-bond acceptors (Lipinski definition) is 4. The molecular formula is C9H9N3S. The van der Waals surface area contributed by atoms with Crippen molar-refractivity contribution in [2.75, 3.05) is 7.05 Å². The van der Waals surface area contributed by atoms with E-state index in [1.807, 2.05) is 19.2 Å². The molecule has 1 aliphatic heterocycles. The maximum absolute atomic E-state index is 8.85. The van der Waals surface area contributed by atoms with Crippen molar-refractivity contribution >= 4 is 17.8 Å². The van der Waals surface area contributed by atoms with Crippen molar-refractivity contribution in [2.24, 2.45) is 4.40 Å². The molecule has 0 aromatic carbocycles.